The van der Waals surface area contributed by atoms with Crippen molar-refractivity contribution in [1.82, 2.24) is 4.90 Å². The highest BCUT2D eigenvalue weighted by Gasteiger charge is 2.41. The number of benzene rings is 1. The number of phenols is 1. The van der Waals surface area contributed by atoms with Crippen molar-refractivity contribution in [3.63, 3.8) is 0 Å². The average molecular weight is 397 g/mol. The first-order valence-electron chi connectivity index (χ1n) is 7.66. The van der Waals surface area contributed by atoms with Crippen LogP contribution in [0.5, 0.6) is 17.2 Å². The average Bonchev–Trinajstić information content (AvgIpc) is 2.83. The molecular weight excluding hydrogens is 378 g/mol. The lowest BCUT2D eigenvalue weighted by molar-refractivity contribution is -0.146. The number of aromatic hydroxyl groups is 1. The number of methoxy groups -OCH3 is 2. The van der Waals surface area contributed by atoms with Gasteiger partial charge in [0.15, 0.2) is 11.5 Å². The van der Waals surface area contributed by atoms with E-state index in [1.54, 1.807) is 32.1 Å². The minimum absolute atomic E-state index is 0.148. The van der Waals surface area contributed by atoms with Crippen LogP contribution in [0.4, 0.5) is 0 Å². The van der Waals surface area contributed by atoms with E-state index in [0.29, 0.717) is 5.56 Å². The zero-order valence-electron chi connectivity index (χ0n) is 14.7. The van der Waals surface area contributed by atoms with Gasteiger partial charge in [-0.15, -0.1) is 0 Å². The van der Waals surface area contributed by atoms with Gasteiger partial charge in [-0.1, -0.05) is 37.8 Å². The van der Waals surface area contributed by atoms with Crippen molar-refractivity contribution in [2.45, 2.75) is 19.9 Å². The Morgan fingerprint density at radius 3 is 2.23 bits per heavy atom. The molecule has 1 aromatic carbocycles. The van der Waals surface area contributed by atoms with Crippen LogP contribution in [0, 0.1) is 5.92 Å². The Balaban J connectivity index is 2.43. The molecule has 1 amide bonds. The fourth-order valence-electron chi connectivity index (χ4n) is 2.56. The maximum Gasteiger partial charge on any atom is 0.327 e. The van der Waals surface area contributed by atoms with Gasteiger partial charge >= 0.3 is 5.97 Å². The summed E-state index contributed by atoms with van der Waals surface area (Å²) in [6, 6.07) is 2.06. The molecule has 0 radical (unpaired) electrons. The topological polar surface area (TPSA) is 96.3 Å². The summed E-state index contributed by atoms with van der Waals surface area (Å²) in [5.41, 5.74) is 0.549. The van der Waals surface area contributed by atoms with Gasteiger partial charge in [0, 0.05) is 0 Å². The zero-order chi connectivity index (χ0) is 19.6. The molecule has 1 fully saturated rings. The second-order valence-electron chi connectivity index (χ2n) is 5.85. The fourth-order valence-corrected chi connectivity index (χ4v) is 3.89. The summed E-state index contributed by atoms with van der Waals surface area (Å²) >= 11 is 6.25. The minimum Gasteiger partial charge on any atom is -0.502 e. The normalized spacial score (nSPS) is 17.1. The van der Waals surface area contributed by atoms with E-state index >= 15 is 0 Å². The van der Waals surface area contributed by atoms with Gasteiger partial charge in [0.25, 0.3) is 5.91 Å². The molecule has 0 saturated carbocycles. The number of thioether (sulfide) groups is 1. The van der Waals surface area contributed by atoms with Crippen molar-refractivity contribution in [3.8, 4) is 17.2 Å². The molecule has 0 bridgehead atoms. The third-order valence-electron chi connectivity index (χ3n) is 3.79. The molecule has 2 rings (SSSR count). The van der Waals surface area contributed by atoms with E-state index in [2.05, 4.69) is 0 Å². The molecule has 1 heterocycles. The van der Waals surface area contributed by atoms with Crippen LogP contribution in [-0.2, 0) is 9.59 Å². The van der Waals surface area contributed by atoms with Gasteiger partial charge in [-0.3, -0.25) is 9.69 Å². The number of aliphatic carboxylic acids is 1. The summed E-state index contributed by atoms with van der Waals surface area (Å²) in [5, 5.41) is 19.4. The van der Waals surface area contributed by atoms with Crippen LogP contribution in [0.15, 0.2) is 17.0 Å². The summed E-state index contributed by atoms with van der Waals surface area (Å²) in [7, 11) is 2.80. The fraction of sp³-hybridized carbons (Fsp3) is 0.353. The van der Waals surface area contributed by atoms with E-state index in [1.165, 1.54) is 14.2 Å². The Kier molecular flexibility index (Phi) is 6.14. The number of carbonyl (C=O) groups excluding carboxylic acids is 1. The summed E-state index contributed by atoms with van der Waals surface area (Å²) in [6.45, 7) is 3.44. The second-order valence-corrected chi connectivity index (χ2v) is 7.53. The molecule has 1 saturated heterocycles. The first-order valence-corrected chi connectivity index (χ1v) is 8.88. The van der Waals surface area contributed by atoms with Crippen LogP contribution in [0.1, 0.15) is 19.4 Å². The van der Waals surface area contributed by atoms with Gasteiger partial charge in [0.05, 0.1) is 19.1 Å². The predicted molar refractivity (Wildman–Crippen MR) is 102 cm³/mol. The number of thiocarbonyl (C=S) groups is 1. The Hall–Kier alpha value is -2.26. The highest BCUT2D eigenvalue weighted by atomic mass is 32.2. The van der Waals surface area contributed by atoms with Crippen LogP contribution < -0.4 is 9.47 Å². The largest absolute Gasteiger partial charge is 0.502 e. The van der Waals surface area contributed by atoms with Crippen molar-refractivity contribution in [2.24, 2.45) is 5.92 Å². The van der Waals surface area contributed by atoms with Crippen molar-refractivity contribution in [1.29, 1.82) is 0 Å². The number of phenolic OH excluding ortho intramolecular Hbond substituents is 1. The number of carboxylic acids is 1. The van der Waals surface area contributed by atoms with E-state index in [9.17, 15) is 19.8 Å². The molecule has 1 aliphatic heterocycles. The Morgan fingerprint density at radius 1 is 1.27 bits per heavy atom. The molecule has 0 aromatic heterocycles. The van der Waals surface area contributed by atoms with Crippen LogP contribution in [0.25, 0.3) is 6.08 Å². The van der Waals surface area contributed by atoms with Crippen LogP contribution in [-0.4, -0.2) is 51.6 Å². The maximum atomic E-state index is 12.7. The molecular formula is C17H19NO6S2. The van der Waals surface area contributed by atoms with Crippen LogP contribution in [0.3, 0.4) is 0 Å². The number of carboxylic acid groups (broad SMARTS) is 1. The maximum absolute atomic E-state index is 12.7. The lowest BCUT2D eigenvalue weighted by Crippen LogP contribution is -2.47. The predicted octanol–water partition coefficient (Wildman–Crippen LogP) is 2.72. The first-order chi connectivity index (χ1) is 12.2. The molecule has 2 N–H and O–H groups in total. The Bertz CT molecular complexity index is 764. The van der Waals surface area contributed by atoms with Crippen molar-refractivity contribution < 1.29 is 29.3 Å². The lowest BCUT2D eigenvalue weighted by atomic mass is 10.0. The third kappa shape index (κ3) is 3.78. The second kappa shape index (κ2) is 7.96. The van der Waals surface area contributed by atoms with E-state index in [4.69, 9.17) is 21.7 Å². The highest BCUT2D eigenvalue weighted by molar-refractivity contribution is 8.26. The quantitative estimate of drug-likeness (QED) is 0.559. The molecule has 1 atom stereocenters. The monoisotopic (exact) mass is 397 g/mol. The van der Waals surface area contributed by atoms with E-state index in [0.717, 1.165) is 16.7 Å². The summed E-state index contributed by atoms with van der Waals surface area (Å²) < 4.78 is 10.4. The molecule has 1 aromatic rings. The van der Waals surface area contributed by atoms with Crippen LogP contribution >= 0.6 is 24.0 Å². The summed E-state index contributed by atoms with van der Waals surface area (Å²) in [4.78, 5) is 25.7. The molecule has 0 aliphatic carbocycles. The number of rotatable bonds is 6. The van der Waals surface area contributed by atoms with Crippen molar-refractivity contribution in [2.75, 3.05) is 14.2 Å². The summed E-state index contributed by atoms with van der Waals surface area (Å²) in [5.74, 6) is -1.64. The number of hydrogen-bond acceptors (Lipinski definition) is 7. The molecule has 140 valence electrons. The Morgan fingerprint density at radius 2 is 1.81 bits per heavy atom. The molecule has 26 heavy (non-hydrogen) atoms. The van der Waals surface area contributed by atoms with Gasteiger partial charge in [-0.2, -0.15) is 0 Å². The summed E-state index contributed by atoms with van der Waals surface area (Å²) in [6.07, 6.45) is 1.56. The Labute approximate surface area is 160 Å². The van der Waals surface area contributed by atoms with Crippen molar-refractivity contribution >= 4 is 46.3 Å². The lowest BCUT2D eigenvalue weighted by Gasteiger charge is -2.26. The molecule has 0 unspecified atom stereocenters. The first kappa shape index (κ1) is 20.1. The van der Waals surface area contributed by atoms with Crippen molar-refractivity contribution in [3.05, 3.63) is 22.6 Å². The third-order valence-corrected chi connectivity index (χ3v) is 5.12. The van der Waals surface area contributed by atoms with E-state index < -0.39 is 17.9 Å². The minimum atomic E-state index is -1.11. The number of hydrogen-bond donors (Lipinski definition) is 2. The van der Waals surface area contributed by atoms with Gasteiger partial charge in [0.1, 0.15) is 10.4 Å². The van der Waals surface area contributed by atoms with E-state index in [1.807, 2.05) is 0 Å². The van der Waals surface area contributed by atoms with Crippen LogP contribution in [0.2, 0.25) is 0 Å². The number of carbonyl (C=O) groups is 2. The smallest absolute Gasteiger partial charge is 0.327 e. The number of nitrogens with zero attached hydrogens (tertiary/aromatic N) is 1. The van der Waals surface area contributed by atoms with Gasteiger partial charge in [-0.25, -0.2) is 4.79 Å². The number of ether oxygens (including phenoxy) is 2. The molecule has 9 heteroatoms. The van der Waals surface area contributed by atoms with Gasteiger partial charge in [0.2, 0.25) is 5.75 Å². The highest BCUT2D eigenvalue weighted by Crippen LogP contribution is 2.40. The van der Waals surface area contributed by atoms with Gasteiger partial charge in [-0.05, 0) is 29.7 Å². The number of amides is 1. The van der Waals surface area contributed by atoms with Gasteiger partial charge < -0.3 is 19.7 Å². The molecule has 1 aliphatic rings. The standard InChI is InChI=1S/C17H19NO6S2/c1-8(2)13(16(21)22)18-15(20)12(26-17(18)25)7-9-5-10(23-3)14(19)11(6-9)24-4/h5-8,13,19H,1-4H3,(H,21,22)/b12-7+/t13-/m1/s1. The zero-order valence-corrected chi connectivity index (χ0v) is 16.3. The molecule has 0 spiro atoms. The van der Waals surface area contributed by atoms with E-state index in [-0.39, 0.29) is 32.4 Å². The SMILES string of the molecule is COc1cc(/C=C2/SC(=S)N([C@@H](C(=O)O)C(C)C)C2=O)cc(OC)c1O. The molecule has 7 nitrogen and oxygen atoms in total.